The van der Waals surface area contributed by atoms with Gasteiger partial charge in [0.1, 0.15) is 0 Å². The van der Waals surface area contributed by atoms with Crippen molar-refractivity contribution < 1.29 is 9.90 Å². The Morgan fingerprint density at radius 2 is 1.73 bits per heavy atom. The molecule has 0 unspecified atom stereocenters. The molecule has 0 spiro atoms. The van der Waals surface area contributed by atoms with Crippen molar-refractivity contribution in [3.63, 3.8) is 0 Å². The maximum absolute atomic E-state index is 11.8. The normalized spacial score (nSPS) is 10.8. The first-order valence-corrected chi connectivity index (χ1v) is 8.11. The van der Waals surface area contributed by atoms with Crippen LogP contribution in [0.2, 0.25) is 0 Å². The molecular weight excluding hydrogens is 276 g/mol. The molecule has 0 saturated carbocycles. The summed E-state index contributed by atoms with van der Waals surface area (Å²) in [5.41, 5.74) is 2.44. The minimum absolute atomic E-state index is 0.0641. The van der Waals surface area contributed by atoms with Gasteiger partial charge in [-0.1, -0.05) is 26.0 Å². The Balaban J connectivity index is 2.39. The second kappa shape index (κ2) is 9.46. The van der Waals surface area contributed by atoms with Crippen LogP contribution in [0.4, 0.5) is 5.69 Å². The second-order valence-corrected chi connectivity index (χ2v) is 6.18. The third-order valence-corrected chi connectivity index (χ3v) is 3.86. The van der Waals surface area contributed by atoms with E-state index in [1.165, 1.54) is 11.3 Å². The van der Waals surface area contributed by atoms with E-state index in [0.29, 0.717) is 0 Å². The van der Waals surface area contributed by atoms with Crippen LogP contribution in [0.1, 0.15) is 32.3 Å². The van der Waals surface area contributed by atoms with Crippen LogP contribution in [0.5, 0.6) is 0 Å². The molecule has 4 heteroatoms. The van der Waals surface area contributed by atoms with E-state index < -0.39 is 0 Å². The molecule has 4 nitrogen and oxygen atoms in total. The fourth-order valence-corrected chi connectivity index (χ4v) is 2.43. The van der Waals surface area contributed by atoms with E-state index in [4.69, 9.17) is 5.11 Å². The van der Waals surface area contributed by atoms with E-state index in [0.717, 1.165) is 32.4 Å². The lowest BCUT2D eigenvalue weighted by Crippen LogP contribution is -2.33. The molecule has 1 amide bonds. The van der Waals surface area contributed by atoms with Crippen LogP contribution < -0.4 is 4.90 Å². The lowest BCUT2D eigenvalue weighted by molar-refractivity contribution is -0.133. The first-order valence-electron chi connectivity index (χ1n) is 8.11. The Labute approximate surface area is 134 Å². The lowest BCUT2D eigenvalue weighted by Gasteiger charge is -2.23. The zero-order chi connectivity index (χ0) is 16.5. The first kappa shape index (κ1) is 18.5. The Morgan fingerprint density at radius 1 is 1.09 bits per heavy atom. The average Bonchev–Trinajstić information content (AvgIpc) is 2.52. The number of aliphatic hydroxyl groups excluding tert-OH is 1. The van der Waals surface area contributed by atoms with Crippen LogP contribution in [0.3, 0.4) is 0 Å². The summed E-state index contributed by atoms with van der Waals surface area (Å²) in [6.07, 6.45) is 2.69. The minimum Gasteiger partial charge on any atom is -0.396 e. The van der Waals surface area contributed by atoms with Crippen molar-refractivity contribution in [2.75, 3.05) is 38.7 Å². The SMILES string of the molecule is CC(C)C(=O)N(C)CCCN(C)c1ccc(CCCO)cc1. The Bertz CT molecular complexity index is 443. The number of carbonyl (C=O) groups is 1. The first-order chi connectivity index (χ1) is 10.5. The molecule has 1 aromatic rings. The van der Waals surface area contributed by atoms with Crippen molar-refractivity contribution in [1.82, 2.24) is 4.90 Å². The largest absolute Gasteiger partial charge is 0.396 e. The molecule has 0 aliphatic heterocycles. The fraction of sp³-hybridized carbons (Fsp3) is 0.611. The molecule has 0 heterocycles. The van der Waals surface area contributed by atoms with E-state index in [9.17, 15) is 4.79 Å². The van der Waals surface area contributed by atoms with Gasteiger partial charge < -0.3 is 14.9 Å². The highest BCUT2D eigenvalue weighted by Crippen LogP contribution is 2.15. The van der Waals surface area contributed by atoms with Crippen LogP contribution >= 0.6 is 0 Å². The number of carbonyl (C=O) groups excluding carboxylic acids is 1. The second-order valence-electron chi connectivity index (χ2n) is 6.18. The van der Waals surface area contributed by atoms with Gasteiger partial charge in [0.15, 0.2) is 0 Å². The minimum atomic E-state index is 0.0641. The standard InChI is InChI=1S/C18H30N2O2/c1-15(2)18(22)20(4)13-6-12-19(3)17-10-8-16(9-11-17)7-5-14-21/h8-11,15,21H,5-7,12-14H2,1-4H3. The predicted octanol–water partition coefficient (Wildman–Crippen LogP) is 2.55. The molecule has 1 rings (SSSR count). The molecule has 0 aromatic heterocycles. The van der Waals surface area contributed by atoms with Crippen LogP contribution in [0.15, 0.2) is 24.3 Å². The summed E-state index contributed by atoms with van der Waals surface area (Å²) in [5, 5.41) is 8.85. The summed E-state index contributed by atoms with van der Waals surface area (Å²) >= 11 is 0. The number of nitrogens with zero attached hydrogens (tertiary/aromatic N) is 2. The maximum atomic E-state index is 11.8. The number of benzene rings is 1. The van der Waals surface area contributed by atoms with Crippen LogP contribution in [0.25, 0.3) is 0 Å². The highest BCUT2D eigenvalue weighted by atomic mass is 16.2. The molecule has 1 N–H and O–H groups in total. The molecule has 0 bridgehead atoms. The Kier molecular flexibility index (Phi) is 7.96. The average molecular weight is 306 g/mol. The Morgan fingerprint density at radius 3 is 2.27 bits per heavy atom. The third-order valence-electron chi connectivity index (χ3n) is 3.86. The van der Waals surface area contributed by atoms with Crippen molar-refractivity contribution in [1.29, 1.82) is 0 Å². The predicted molar refractivity (Wildman–Crippen MR) is 92.2 cm³/mol. The van der Waals surface area contributed by atoms with E-state index in [-0.39, 0.29) is 18.4 Å². The molecule has 0 saturated heterocycles. The molecule has 0 radical (unpaired) electrons. The number of hydrogen-bond acceptors (Lipinski definition) is 3. The van der Waals surface area contributed by atoms with Gasteiger partial charge in [-0.2, -0.15) is 0 Å². The number of aryl methyl sites for hydroxylation is 1. The fourth-order valence-electron chi connectivity index (χ4n) is 2.43. The molecule has 1 aromatic carbocycles. The van der Waals surface area contributed by atoms with Gasteiger partial charge >= 0.3 is 0 Å². The van der Waals surface area contributed by atoms with E-state index in [1.807, 2.05) is 25.8 Å². The van der Waals surface area contributed by atoms with Gasteiger partial charge in [-0.15, -0.1) is 0 Å². The third kappa shape index (κ3) is 6.06. The van der Waals surface area contributed by atoms with Gasteiger partial charge in [0.2, 0.25) is 5.91 Å². The van der Waals surface area contributed by atoms with Gasteiger partial charge in [-0.05, 0) is 37.0 Å². The highest BCUT2D eigenvalue weighted by Gasteiger charge is 2.12. The zero-order valence-corrected chi connectivity index (χ0v) is 14.4. The monoisotopic (exact) mass is 306 g/mol. The summed E-state index contributed by atoms with van der Waals surface area (Å²) < 4.78 is 0. The molecule has 0 aliphatic rings. The molecule has 22 heavy (non-hydrogen) atoms. The molecule has 0 atom stereocenters. The zero-order valence-electron chi connectivity index (χ0n) is 14.4. The van der Waals surface area contributed by atoms with Gasteiger partial charge in [0.05, 0.1) is 0 Å². The van der Waals surface area contributed by atoms with Crippen LogP contribution in [-0.2, 0) is 11.2 Å². The number of aliphatic hydroxyl groups is 1. The molecular formula is C18H30N2O2. The highest BCUT2D eigenvalue weighted by molar-refractivity contribution is 5.77. The topological polar surface area (TPSA) is 43.8 Å². The molecule has 0 fully saturated rings. The van der Waals surface area contributed by atoms with Crippen molar-refractivity contribution in [2.24, 2.45) is 5.92 Å². The number of amides is 1. The maximum Gasteiger partial charge on any atom is 0.224 e. The summed E-state index contributed by atoms with van der Waals surface area (Å²) in [4.78, 5) is 15.8. The van der Waals surface area contributed by atoms with Crippen molar-refractivity contribution in [3.05, 3.63) is 29.8 Å². The van der Waals surface area contributed by atoms with Gasteiger partial charge in [0, 0.05) is 45.4 Å². The van der Waals surface area contributed by atoms with Crippen LogP contribution in [-0.4, -0.2) is 49.7 Å². The number of rotatable bonds is 9. The number of anilines is 1. The molecule has 0 aliphatic carbocycles. The van der Waals surface area contributed by atoms with Crippen LogP contribution in [0, 0.1) is 5.92 Å². The smallest absolute Gasteiger partial charge is 0.224 e. The van der Waals surface area contributed by atoms with E-state index >= 15 is 0 Å². The Hall–Kier alpha value is -1.55. The summed E-state index contributed by atoms with van der Waals surface area (Å²) in [7, 11) is 3.95. The lowest BCUT2D eigenvalue weighted by atomic mass is 10.1. The summed E-state index contributed by atoms with van der Waals surface area (Å²) in [6.45, 7) is 5.82. The van der Waals surface area contributed by atoms with Crippen molar-refractivity contribution in [2.45, 2.75) is 33.1 Å². The summed E-state index contributed by atoms with van der Waals surface area (Å²) in [6, 6.07) is 8.48. The number of hydrogen-bond donors (Lipinski definition) is 1. The molecule has 124 valence electrons. The van der Waals surface area contributed by atoms with Crippen molar-refractivity contribution in [3.8, 4) is 0 Å². The van der Waals surface area contributed by atoms with E-state index in [1.54, 1.807) is 0 Å². The summed E-state index contributed by atoms with van der Waals surface area (Å²) in [5.74, 6) is 0.269. The van der Waals surface area contributed by atoms with Gasteiger partial charge in [-0.3, -0.25) is 4.79 Å². The van der Waals surface area contributed by atoms with Gasteiger partial charge in [0.25, 0.3) is 0 Å². The van der Waals surface area contributed by atoms with Gasteiger partial charge in [-0.25, -0.2) is 0 Å². The van der Waals surface area contributed by atoms with E-state index in [2.05, 4.69) is 36.2 Å². The van der Waals surface area contributed by atoms with Crippen molar-refractivity contribution >= 4 is 11.6 Å². The quantitative estimate of drug-likeness (QED) is 0.762.